The first kappa shape index (κ1) is 17.6. The lowest BCUT2D eigenvalue weighted by Crippen LogP contribution is -2.38. The number of nitrogens with two attached hydrogens (primary N) is 1. The maximum Gasteiger partial charge on any atom is 0.251 e. The lowest BCUT2D eigenvalue weighted by molar-refractivity contribution is 0.0891. The zero-order valence-corrected chi connectivity index (χ0v) is 13.4. The van der Waals surface area contributed by atoms with Crippen LogP contribution in [0.25, 0.3) is 0 Å². The van der Waals surface area contributed by atoms with E-state index in [0.29, 0.717) is 12.2 Å². The van der Waals surface area contributed by atoms with E-state index in [9.17, 15) is 13.2 Å². The van der Waals surface area contributed by atoms with Crippen LogP contribution in [0.2, 0.25) is 0 Å². The summed E-state index contributed by atoms with van der Waals surface area (Å²) in [6.45, 7) is 4.06. The van der Waals surface area contributed by atoms with Gasteiger partial charge in [0.1, 0.15) is 0 Å². The summed E-state index contributed by atoms with van der Waals surface area (Å²) in [4.78, 5) is 12.2. The maximum absolute atomic E-state index is 12.2. The molecule has 0 aliphatic carbocycles. The number of methoxy groups -OCH3 is 1. The van der Waals surface area contributed by atoms with Crippen LogP contribution in [0.3, 0.4) is 0 Å². The van der Waals surface area contributed by atoms with E-state index in [0.717, 1.165) is 12.8 Å². The molecule has 0 bridgehead atoms. The molecular formula is C14H22N2O4S. The summed E-state index contributed by atoms with van der Waals surface area (Å²) in [7, 11) is -2.27. The van der Waals surface area contributed by atoms with Gasteiger partial charge in [0.15, 0.2) is 0 Å². The summed E-state index contributed by atoms with van der Waals surface area (Å²) in [6.07, 6.45) is 1.69. The number of primary sulfonamides is 1. The lowest BCUT2D eigenvalue weighted by atomic mass is 10.1. The van der Waals surface area contributed by atoms with Gasteiger partial charge in [0.05, 0.1) is 17.5 Å². The number of amides is 1. The fourth-order valence-electron chi connectivity index (χ4n) is 2.06. The van der Waals surface area contributed by atoms with E-state index in [1.54, 1.807) is 26.2 Å². The van der Waals surface area contributed by atoms with Gasteiger partial charge in [-0.1, -0.05) is 19.4 Å². The van der Waals surface area contributed by atoms with Crippen molar-refractivity contribution in [3.05, 3.63) is 29.3 Å². The van der Waals surface area contributed by atoms with Crippen LogP contribution in [0.5, 0.6) is 0 Å². The molecule has 0 heterocycles. The largest absolute Gasteiger partial charge is 0.383 e. The number of hydrogen-bond donors (Lipinski definition) is 2. The summed E-state index contributed by atoms with van der Waals surface area (Å²) in [5, 5.41) is 7.98. The molecule has 0 aliphatic rings. The molecule has 0 aromatic heterocycles. The summed E-state index contributed by atoms with van der Waals surface area (Å²) >= 11 is 0. The topological polar surface area (TPSA) is 98.5 Å². The molecule has 0 saturated carbocycles. The van der Waals surface area contributed by atoms with Crippen molar-refractivity contribution in [1.82, 2.24) is 5.32 Å². The van der Waals surface area contributed by atoms with Crippen LogP contribution in [-0.4, -0.2) is 34.1 Å². The molecule has 1 aromatic rings. The van der Waals surface area contributed by atoms with Gasteiger partial charge in [0, 0.05) is 12.7 Å². The predicted molar refractivity (Wildman–Crippen MR) is 80.6 cm³/mol. The minimum Gasteiger partial charge on any atom is -0.383 e. The van der Waals surface area contributed by atoms with Crippen molar-refractivity contribution in [2.45, 2.75) is 37.6 Å². The first-order chi connectivity index (χ1) is 9.79. The number of sulfonamides is 1. The third-order valence-corrected chi connectivity index (χ3v) is 4.15. The van der Waals surface area contributed by atoms with E-state index in [2.05, 4.69) is 5.32 Å². The number of aryl methyl sites for hydroxylation is 1. The second kappa shape index (κ2) is 7.53. The van der Waals surface area contributed by atoms with Gasteiger partial charge in [-0.3, -0.25) is 4.79 Å². The molecule has 0 radical (unpaired) electrons. The van der Waals surface area contributed by atoms with Gasteiger partial charge < -0.3 is 10.1 Å². The van der Waals surface area contributed by atoms with Crippen LogP contribution >= 0.6 is 0 Å². The smallest absolute Gasteiger partial charge is 0.251 e. The van der Waals surface area contributed by atoms with Crippen molar-refractivity contribution in [2.24, 2.45) is 5.14 Å². The van der Waals surface area contributed by atoms with E-state index >= 15 is 0 Å². The number of ether oxygens (including phenoxy) is 1. The lowest BCUT2D eigenvalue weighted by Gasteiger charge is -2.17. The summed E-state index contributed by atoms with van der Waals surface area (Å²) in [5.74, 6) is -0.338. The summed E-state index contributed by atoms with van der Waals surface area (Å²) in [5.41, 5.74) is 0.776. The second-order valence-electron chi connectivity index (χ2n) is 4.94. The molecule has 0 saturated heterocycles. The van der Waals surface area contributed by atoms with E-state index < -0.39 is 10.0 Å². The Morgan fingerprint density at radius 2 is 2.10 bits per heavy atom. The number of carbonyl (C=O) groups excluding carboxylic acids is 1. The van der Waals surface area contributed by atoms with Gasteiger partial charge in [-0.25, -0.2) is 13.6 Å². The first-order valence-electron chi connectivity index (χ1n) is 6.72. The van der Waals surface area contributed by atoms with E-state index in [-0.39, 0.29) is 22.4 Å². The molecule has 1 amide bonds. The Kier molecular flexibility index (Phi) is 6.32. The summed E-state index contributed by atoms with van der Waals surface area (Å²) in [6, 6.07) is 4.34. The standard InChI is InChI=1S/C14H22N2O4S/c1-4-5-12(9-20-3)16-14(17)11-7-6-10(2)13(8-11)21(15,18)19/h6-8,12H,4-5,9H2,1-3H3,(H,16,17)(H2,15,18,19). The Balaban J connectivity index is 2.97. The van der Waals surface area contributed by atoms with Gasteiger partial charge >= 0.3 is 0 Å². The molecule has 0 spiro atoms. The maximum atomic E-state index is 12.2. The molecule has 6 nitrogen and oxygen atoms in total. The third-order valence-electron chi connectivity index (χ3n) is 3.10. The molecular weight excluding hydrogens is 292 g/mol. The number of carbonyl (C=O) groups is 1. The highest BCUT2D eigenvalue weighted by atomic mass is 32.2. The minimum atomic E-state index is -3.84. The van der Waals surface area contributed by atoms with Crippen molar-refractivity contribution >= 4 is 15.9 Å². The fourth-order valence-corrected chi connectivity index (χ4v) is 2.87. The van der Waals surface area contributed by atoms with Gasteiger partial charge in [-0.05, 0) is 31.0 Å². The SMILES string of the molecule is CCCC(COC)NC(=O)c1ccc(C)c(S(N)(=O)=O)c1. The van der Waals surface area contributed by atoms with Gasteiger partial charge in [0.2, 0.25) is 10.0 Å². The van der Waals surface area contributed by atoms with Crippen LogP contribution in [0, 0.1) is 6.92 Å². The molecule has 1 rings (SSSR count). The highest BCUT2D eigenvalue weighted by Crippen LogP contribution is 2.16. The molecule has 1 aromatic carbocycles. The predicted octanol–water partition coefficient (Wildman–Crippen LogP) is 1.19. The Morgan fingerprint density at radius 1 is 1.43 bits per heavy atom. The van der Waals surface area contributed by atoms with E-state index in [1.165, 1.54) is 6.07 Å². The molecule has 118 valence electrons. The average molecular weight is 314 g/mol. The van der Waals surface area contributed by atoms with Crippen molar-refractivity contribution in [1.29, 1.82) is 0 Å². The quantitative estimate of drug-likeness (QED) is 0.789. The molecule has 1 atom stereocenters. The molecule has 0 aliphatic heterocycles. The number of benzene rings is 1. The van der Waals surface area contributed by atoms with E-state index in [1.807, 2.05) is 6.92 Å². The monoisotopic (exact) mass is 314 g/mol. The van der Waals surface area contributed by atoms with Gasteiger partial charge in [0.25, 0.3) is 5.91 Å². The minimum absolute atomic E-state index is 0.0334. The van der Waals surface area contributed by atoms with Crippen LogP contribution in [0.4, 0.5) is 0 Å². The fraction of sp³-hybridized carbons (Fsp3) is 0.500. The Morgan fingerprint density at radius 3 is 2.62 bits per heavy atom. The van der Waals surface area contributed by atoms with Gasteiger partial charge in [-0.2, -0.15) is 0 Å². The average Bonchev–Trinajstić information content (AvgIpc) is 2.38. The third kappa shape index (κ3) is 5.11. The van der Waals surface area contributed by atoms with Crippen molar-refractivity contribution in [2.75, 3.05) is 13.7 Å². The molecule has 1 unspecified atom stereocenters. The van der Waals surface area contributed by atoms with Crippen LogP contribution in [-0.2, 0) is 14.8 Å². The molecule has 7 heteroatoms. The van der Waals surface area contributed by atoms with Gasteiger partial charge in [-0.15, -0.1) is 0 Å². The second-order valence-corrected chi connectivity index (χ2v) is 6.47. The summed E-state index contributed by atoms with van der Waals surface area (Å²) < 4.78 is 28.0. The highest BCUT2D eigenvalue weighted by Gasteiger charge is 2.17. The zero-order chi connectivity index (χ0) is 16.0. The highest BCUT2D eigenvalue weighted by molar-refractivity contribution is 7.89. The first-order valence-corrected chi connectivity index (χ1v) is 8.27. The normalized spacial score (nSPS) is 13.0. The van der Waals surface area contributed by atoms with Crippen LogP contribution in [0.15, 0.2) is 23.1 Å². The molecule has 21 heavy (non-hydrogen) atoms. The van der Waals surface area contributed by atoms with Crippen molar-refractivity contribution < 1.29 is 17.9 Å². The Hall–Kier alpha value is -1.44. The molecule has 3 N–H and O–H groups in total. The number of nitrogens with one attached hydrogen (secondary N) is 1. The Bertz CT molecular complexity index is 593. The Labute approximate surface area is 125 Å². The van der Waals surface area contributed by atoms with Crippen molar-refractivity contribution in [3.63, 3.8) is 0 Å². The van der Waals surface area contributed by atoms with E-state index in [4.69, 9.17) is 9.88 Å². The van der Waals surface area contributed by atoms with Crippen LogP contribution in [0.1, 0.15) is 35.7 Å². The number of hydrogen-bond acceptors (Lipinski definition) is 4. The van der Waals surface area contributed by atoms with Crippen LogP contribution < -0.4 is 10.5 Å². The zero-order valence-electron chi connectivity index (χ0n) is 12.5. The van der Waals surface area contributed by atoms with Crippen molar-refractivity contribution in [3.8, 4) is 0 Å². The number of rotatable bonds is 7. The molecule has 0 fully saturated rings.